The Morgan fingerprint density at radius 2 is 1.75 bits per heavy atom. The summed E-state index contributed by atoms with van der Waals surface area (Å²) in [6.07, 6.45) is 5.73. The van der Waals surface area contributed by atoms with E-state index in [9.17, 15) is 8.42 Å². The van der Waals surface area contributed by atoms with Gasteiger partial charge < -0.3 is 0 Å². The van der Waals surface area contributed by atoms with Crippen LogP contribution in [0.5, 0.6) is 0 Å². The van der Waals surface area contributed by atoms with Gasteiger partial charge in [0.05, 0.1) is 5.75 Å². The number of halogens is 1. The van der Waals surface area contributed by atoms with Gasteiger partial charge in [-0.05, 0) is 36.5 Å². The van der Waals surface area contributed by atoms with E-state index in [2.05, 4.69) is 15.9 Å². The number of sulfonamides is 1. The Morgan fingerprint density at radius 1 is 1.15 bits per heavy atom. The maximum absolute atomic E-state index is 12.4. The van der Waals surface area contributed by atoms with E-state index >= 15 is 0 Å². The van der Waals surface area contributed by atoms with Crippen LogP contribution in [0.3, 0.4) is 0 Å². The minimum Gasteiger partial charge on any atom is -0.212 e. The molecular weight excluding hydrogens is 338 g/mol. The molecule has 0 spiro atoms. The summed E-state index contributed by atoms with van der Waals surface area (Å²) in [7, 11) is -1.47. The molecule has 1 aromatic rings. The van der Waals surface area contributed by atoms with Crippen molar-refractivity contribution < 1.29 is 8.42 Å². The molecule has 1 aliphatic rings. The monoisotopic (exact) mass is 359 g/mol. The molecule has 1 fully saturated rings. The molecule has 20 heavy (non-hydrogen) atoms. The first kappa shape index (κ1) is 16.0. The van der Waals surface area contributed by atoms with Gasteiger partial charge in [0.25, 0.3) is 0 Å². The summed E-state index contributed by atoms with van der Waals surface area (Å²) >= 11 is 3.39. The van der Waals surface area contributed by atoms with E-state index in [1.807, 2.05) is 24.3 Å². The largest absolute Gasteiger partial charge is 0.214 e. The predicted octanol–water partition coefficient (Wildman–Crippen LogP) is 3.79. The van der Waals surface area contributed by atoms with Crippen LogP contribution in [0.4, 0.5) is 0 Å². The number of hydrogen-bond donors (Lipinski definition) is 0. The third-order valence-electron chi connectivity index (χ3n) is 3.96. The van der Waals surface area contributed by atoms with E-state index in [0.29, 0.717) is 18.2 Å². The zero-order chi connectivity index (χ0) is 14.6. The van der Waals surface area contributed by atoms with Gasteiger partial charge in [0.2, 0.25) is 10.0 Å². The number of benzene rings is 1. The lowest BCUT2D eigenvalue weighted by Crippen LogP contribution is -2.32. The molecule has 1 aromatic carbocycles. The van der Waals surface area contributed by atoms with Crippen molar-refractivity contribution in [2.45, 2.75) is 38.6 Å². The lowest BCUT2D eigenvalue weighted by Gasteiger charge is -2.24. The van der Waals surface area contributed by atoms with E-state index < -0.39 is 10.0 Å². The maximum Gasteiger partial charge on any atom is 0.214 e. The Morgan fingerprint density at radius 3 is 2.35 bits per heavy atom. The molecule has 0 atom stereocenters. The Bertz CT molecular complexity index is 521. The van der Waals surface area contributed by atoms with E-state index in [0.717, 1.165) is 22.9 Å². The topological polar surface area (TPSA) is 37.4 Å². The number of nitrogens with zero attached hydrogens (tertiary/aromatic N) is 1. The quantitative estimate of drug-likeness (QED) is 0.801. The SMILES string of the molecule is CN(Cc1ccc(Br)cc1)S(=O)(=O)CC1CCCCC1. The average molecular weight is 360 g/mol. The first-order valence-electron chi connectivity index (χ1n) is 7.16. The number of rotatable bonds is 5. The maximum atomic E-state index is 12.4. The standard InChI is InChI=1S/C15H22BrNO2S/c1-17(11-13-7-9-15(16)10-8-13)20(18,19)12-14-5-3-2-4-6-14/h7-10,14H,2-6,11-12H2,1H3. The normalized spacial score (nSPS) is 17.6. The molecular formula is C15H22BrNO2S. The molecule has 1 saturated carbocycles. The molecule has 0 unspecified atom stereocenters. The zero-order valence-corrected chi connectivity index (χ0v) is 14.3. The van der Waals surface area contributed by atoms with Crippen LogP contribution in [0.15, 0.2) is 28.7 Å². The smallest absolute Gasteiger partial charge is 0.212 e. The molecule has 0 aromatic heterocycles. The third kappa shape index (κ3) is 4.57. The second-order valence-corrected chi connectivity index (χ2v) is 8.70. The molecule has 0 N–H and O–H groups in total. The Kier molecular flexibility index (Phi) is 5.64. The van der Waals surface area contributed by atoms with Gasteiger partial charge in [-0.25, -0.2) is 12.7 Å². The molecule has 0 amide bonds. The van der Waals surface area contributed by atoms with Crippen molar-refractivity contribution in [3.63, 3.8) is 0 Å². The summed E-state index contributed by atoms with van der Waals surface area (Å²) in [4.78, 5) is 0. The van der Waals surface area contributed by atoms with Gasteiger partial charge >= 0.3 is 0 Å². The molecule has 5 heteroatoms. The molecule has 0 bridgehead atoms. The second-order valence-electron chi connectivity index (χ2n) is 5.67. The lowest BCUT2D eigenvalue weighted by molar-refractivity contribution is 0.374. The van der Waals surface area contributed by atoms with Gasteiger partial charge in [-0.15, -0.1) is 0 Å². The van der Waals surface area contributed by atoms with Gasteiger partial charge in [0, 0.05) is 18.1 Å². The van der Waals surface area contributed by atoms with Crippen molar-refractivity contribution in [3.05, 3.63) is 34.3 Å². The number of hydrogen-bond acceptors (Lipinski definition) is 2. The first-order chi connectivity index (χ1) is 9.47. The fourth-order valence-corrected chi connectivity index (χ4v) is 4.52. The Labute approximate surface area is 130 Å². The highest BCUT2D eigenvalue weighted by Gasteiger charge is 2.24. The zero-order valence-electron chi connectivity index (χ0n) is 11.9. The van der Waals surface area contributed by atoms with Crippen LogP contribution in [0, 0.1) is 5.92 Å². The molecule has 1 aliphatic carbocycles. The molecule has 3 nitrogen and oxygen atoms in total. The lowest BCUT2D eigenvalue weighted by atomic mass is 9.91. The average Bonchev–Trinajstić information content (AvgIpc) is 2.42. The second kappa shape index (κ2) is 7.05. The highest BCUT2D eigenvalue weighted by molar-refractivity contribution is 9.10. The van der Waals surface area contributed by atoms with Gasteiger partial charge in [-0.3, -0.25) is 0 Å². The third-order valence-corrected chi connectivity index (χ3v) is 6.46. The molecule has 0 aliphatic heterocycles. The molecule has 0 radical (unpaired) electrons. The van der Waals surface area contributed by atoms with Crippen LogP contribution in [0.2, 0.25) is 0 Å². The van der Waals surface area contributed by atoms with Crippen LogP contribution < -0.4 is 0 Å². The first-order valence-corrected chi connectivity index (χ1v) is 9.56. The van der Waals surface area contributed by atoms with E-state index in [4.69, 9.17) is 0 Å². The summed E-state index contributed by atoms with van der Waals surface area (Å²) in [6, 6.07) is 7.79. The minimum atomic E-state index is -3.15. The van der Waals surface area contributed by atoms with Crippen molar-refractivity contribution >= 4 is 26.0 Å². The van der Waals surface area contributed by atoms with E-state index in [1.165, 1.54) is 23.6 Å². The van der Waals surface area contributed by atoms with Gasteiger partial charge in [0.15, 0.2) is 0 Å². The minimum absolute atomic E-state index is 0.306. The molecule has 0 saturated heterocycles. The van der Waals surface area contributed by atoms with Crippen molar-refractivity contribution in [2.24, 2.45) is 5.92 Å². The van der Waals surface area contributed by atoms with Gasteiger partial charge in [-0.2, -0.15) is 0 Å². The highest BCUT2D eigenvalue weighted by Crippen LogP contribution is 2.26. The van der Waals surface area contributed by atoms with Crippen LogP contribution in [-0.2, 0) is 16.6 Å². The Balaban J connectivity index is 1.95. The summed E-state index contributed by atoms with van der Waals surface area (Å²) in [6.45, 7) is 0.447. The van der Waals surface area contributed by atoms with Crippen LogP contribution in [0.1, 0.15) is 37.7 Å². The molecule has 2 rings (SSSR count). The van der Waals surface area contributed by atoms with Gasteiger partial charge in [0.1, 0.15) is 0 Å². The van der Waals surface area contributed by atoms with E-state index in [-0.39, 0.29) is 0 Å². The van der Waals surface area contributed by atoms with Crippen molar-refractivity contribution in [1.82, 2.24) is 4.31 Å². The van der Waals surface area contributed by atoms with Crippen molar-refractivity contribution in [2.75, 3.05) is 12.8 Å². The summed E-state index contributed by atoms with van der Waals surface area (Å²) in [5, 5.41) is 0. The summed E-state index contributed by atoms with van der Waals surface area (Å²) in [5.41, 5.74) is 1.02. The fraction of sp³-hybridized carbons (Fsp3) is 0.600. The molecule has 0 heterocycles. The summed E-state index contributed by atoms with van der Waals surface area (Å²) in [5.74, 6) is 0.654. The summed E-state index contributed by atoms with van der Waals surface area (Å²) < 4.78 is 27.3. The molecule has 112 valence electrons. The van der Waals surface area contributed by atoms with Crippen molar-refractivity contribution in [3.8, 4) is 0 Å². The van der Waals surface area contributed by atoms with Crippen molar-refractivity contribution in [1.29, 1.82) is 0 Å². The highest BCUT2D eigenvalue weighted by atomic mass is 79.9. The van der Waals surface area contributed by atoms with Crippen LogP contribution >= 0.6 is 15.9 Å². The van der Waals surface area contributed by atoms with E-state index in [1.54, 1.807) is 7.05 Å². The predicted molar refractivity (Wildman–Crippen MR) is 86.0 cm³/mol. The van der Waals surface area contributed by atoms with Crippen LogP contribution in [-0.4, -0.2) is 25.5 Å². The van der Waals surface area contributed by atoms with Gasteiger partial charge in [-0.1, -0.05) is 47.3 Å². The Hall–Kier alpha value is -0.390. The van der Waals surface area contributed by atoms with Crippen LogP contribution in [0.25, 0.3) is 0 Å². The fourth-order valence-electron chi connectivity index (χ4n) is 2.72.